The van der Waals surface area contributed by atoms with Crippen molar-refractivity contribution in [2.24, 2.45) is 0 Å². The highest BCUT2D eigenvalue weighted by Gasteiger charge is 2.26. The Hall–Kier alpha value is -4.33. The van der Waals surface area contributed by atoms with Crippen molar-refractivity contribution >= 4 is 17.0 Å². The van der Waals surface area contributed by atoms with Gasteiger partial charge in [0.1, 0.15) is 35.4 Å². The summed E-state index contributed by atoms with van der Waals surface area (Å²) in [6.45, 7) is 8.43. The second kappa shape index (κ2) is 12.0. The van der Waals surface area contributed by atoms with Crippen molar-refractivity contribution in [3.63, 3.8) is 0 Å². The third-order valence-electron chi connectivity index (χ3n) is 7.92. The van der Waals surface area contributed by atoms with E-state index in [0.29, 0.717) is 49.5 Å². The van der Waals surface area contributed by atoms with Gasteiger partial charge in [-0.2, -0.15) is 5.26 Å². The van der Waals surface area contributed by atoms with Gasteiger partial charge in [0.15, 0.2) is 0 Å². The summed E-state index contributed by atoms with van der Waals surface area (Å²) >= 11 is 0. The molecular weight excluding hydrogens is 566 g/mol. The first-order chi connectivity index (χ1) is 21.1. The number of rotatable bonds is 8. The molecule has 228 valence electrons. The maximum Gasteiger partial charge on any atom is 0.338 e. The number of hydrogen-bond acceptors (Lipinski definition) is 7. The Labute approximate surface area is 254 Å². The van der Waals surface area contributed by atoms with Gasteiger partial charge in [-0.15, -0.1) is 0 Å². The molecule has 0 bridgehead atoms. The monoisotopic (exact) mass is 600 g/mol. The summed E-state index contributed by atoms with van der Waals surface area (Å²) in [5, 5.41) is 8.97. The van der Waals surface area contributed by atoms with E-state index in [0.717, 1.165) is 41.5 Å². The number of carbonyl (C=O) groups is 1. The lowest BCUT2D eigenvalue weighted by atomic mass is 9.98. The standard InChI is InChI=1S/C34H34F2N4O4/c1-34(2,3)44-33(41)22-6-7-30-31(14-22)40(18-25-9-11-42-25)32(38-30)19-39-10-8-27-24(17-39)13-26(15-29(27)36)43-20-23-5-4-21(16-37)12-28(23)35/h4-7,12-15,25H,8-11,17-20H2,1-3H3. The van der Waals surface area contributed by atoms with Gasteiger partial charge in [-0.05, 0) is 81.1 Å². The topological polar surface area (TPSA) is 89.6 Å². The van der Waals surface area contributed by atoms with E-state index in [1.807, 2.05) is 45.0 Å². The van der Waals surface area contributed by atoms with Gasteiger partial charge in [-0.3, -0.25) is 4.90 Å². The summed E-state index contributed by atoms with van der Waals surface area (Å²) in [4.78, 5) is 19.9. The van der Waals surface area contributed by atoms with Crippen molar-refractivity contribution in [1.82, 2.24) is 14.5 Å². The molecule has 10 heteroatoms. The predicted octanol–water partition coefficient (Wildman–Crippen LogP) is 6.07. The Kier molecular flexibility index (Phi) is 8.10. The van der Waals surface area contributed by atoms with Crippen LogP contribution in [0.5, 0.6) is 5.75 Å². The molecule has 0 radical (unpaired) electrons. The van der Waals surface area contributed by atoms with E-state index in [1.54, 1.807) is 6.07 Å². The molecule has 2 aliphatic heterocycles. The minimum atomic E-state index is -0.605. The van der Waals surface area contributed by atoms with Crippen molar-refractivity contribution < 1.29 is 27.8 Å². The zero-order valence-electron chi connectivity index (χ0n) is 25.0. The molecule has 2 aliphatic rings. The van der Waals surface area contributed by atoms with Crippen LogP contribution in [0.4, 0.5) is 8.78 Å². The van der Waals surface area contributed by atoms with Gasteiger partial charge in [0.05, 0.1) is 47.4 Å². The number of nitriles is 1. The normalized spacial score (nSPS) is 16.7. The van der Waals surface area contributed by atoms with E-state index >= 15 is 4.39 Å². The molecule has 1 unspecified atom stereocenters. The molecule has 1 aromatic heterocycles. The smallest absolute Gasteiger partial charge is 0.338 e. The van der Waals surface area contributed by atoms with E-state index in [4.69, 9.17) is 24.5 Å². The molecule has 0 N–H and O–H groups in total. The number of benzene rings is 3. The number of fused-ring (bicyclic) bond motifs is 2. The molecule has 0 aliphatic carbocycles. The zero-order chi connectivity index (χ0) is 31.0. The number of carbonyl (C=O) groups excluding carboxylic acids is 1. The Bertz CT molecular complexity index is 1770. The maximum absolute atomic E-state index is 15.1. The van der Waals surface area contributed by atoms with Crippen LogP contribution in [0.2, 0.25) is 0 Å². The van der Waals surface area contributed by atoms with Crippen LogP contribution in [-0.2, 0) is 42.1 Å². The number of nitrogens with zero attached hydrogens (tertiary/aromatic N) is 4. The zero-order valence-corrected chi connectivity index (χ0v) is 25.0. The molecule has 3 heterocycles. The van der Waals surface area contributed by atoms with Crippen LogP contribution in [0.15, 0.2) is 48.5 Å². The molecule has 1 fully saturated rings. The lowest BCUT2D eigenvalue weighted by Gasteiger charge is -2.31. The van der Waals surface area contributed by atoms with Crippen LogP contribution in [-0.4, -0.2) is 45.3 Å². The number of ether oxygens (including phenoxy) is 3. The summed E-state index contributed by atoms with van der Waals surface area (Å²) in [6.07, 6.45) is 1.56. The van der Waals surface area contributed by atoms with Crippen LogP contribution in [0.1, 0.15) is 65.6 Å². The van der Waals surface area contributed by atoms with Crippen molar-refractivity contribution in [2.45, 2.75) is 71.6 Å². The summed E-state index contributed by atoms with van der Waals surface area (Å²) in [5.41, 5.74) is 3.45. The SMILES string of the molecule is CC(C)(C)OC(=O)c1ccc2nc(CN3CCc4c(F)cc(OCc5ccc(C#N)cc5F)cc4C3)n(CC3CCO3)c2c1. The minimum absolute atomic E-state index is 0.0770. The lowest BCUT2D eigenvalue weighted by Crippen LogP contribution is -2.34. The number of halogens is 2. The van der Waals surface area contributed by atoms with Gasteiger partial charge in [0.2, 0.25) is 0 Å². The largest absolute Gasteiger partial charge is 0.489 e. The predicted molar refractivity (Wildman–Crippen MR) is 159 cm³/mol. The first-order valence-electron chi connectivity index (χ1n) is 14.8. The average molecular weight is 601 g/mol. The quantitative estimate of drug-likeness (QED) is 0.227. The second-order valence-corrected chi connectivity index (χ2v) is 12.3. The molecular formula is C34H34F2N4O4. The number of aromatic nitrogens is 2. The van der Waals surface area contributed by atoms with E-state index < -0.39 is 11.4 Å². The van der Waals surface area contributed by atoms with E-state index in [9.17, 15) is 9.18 Å². The Balaban J connectivity index is 1.22. The Morgan fingerprint density at radius 2 is 1.95 bits per heavy atom. The fourth-order valence-corrected chi connectivity index (χ4v) is 5.58. The van der Waals surface area contributed by atoms with Gasteiger partial charge in [0, 0.05) is 31.3 Å². The van der Waals surface area contributed by atoms with Crippen LogP contribution in [0.3, 0.4) is 0 Å². The molecule has 3 aromatic carbocycles. The van der Waals surface area contributed by atoms with Crippen molar-refractivity contribution in [3.8, 4) is 11.8 Å². The van der Waals surface area contributed by atoms with E-state index in [2.05, 4.69) is 9.47 Å². The molecule has 0 saturated carbocycles. The highest BCUT2D eigenvalue weighted by Crippen LogP contribution is 2.30. The van der Waals surface area contributed by atoms with Crippen LogP contribution in [0.25, 0.3) is 11.0 Å². The molecule has 0 spiro atoms. The molecule has 6 rings (SSSR count). The summed E-state index contributed by atoms with van der Waals surface area (Å²) in [7, 11) is 0. The summed E-state index contributed by atoms with van der Waals surface area (Å²) in [6, 6.07) is 14.7. The molecule has 44 heavy (non-hydrogen) atoms. The van der Waals surface area contributed by atoms with Crippen molar-refractivity contribution in [3.05, 3.63) is 93.8 Å². The van der Waals surface area contributed by atoms with E-state index in [1.165, 1.54) is 18.2 Å². The molecule has 4 aromatic rings. The lowest BCUT2D eigenvalue weighted by molar-refractivity contribution is -0.0592. The third kappa shape index (κ3) is 6.44. The van der Waals surface area contributed by atoms with Gasteiger partial charge in [-0.25, -0.2) is 18.6 Å². The van der Waals surface area contributed by atoms with Gasteiger partial charge in [0.25, 0.3) is 0 Å². The second-order valence-electron chi connectivity index (χ2n) is 12.3. The van der Waals surface area contributed by atoms with Gasteiger partial charge >= 0.3 is 5.97 Å². The Morgan fingerprint density at radius 3 is 2.66 bits per heavy atom. The maximum atomic E-state index is 15.1. The average Bonchev–Trinajstić information content (AvgIpc) is 3.28. The molecule has 1 atom stereocenters. The summed E-state index contributed by atoms with van der Waals surface area (Å²) < 4.78 is 48.7. The first kappa shape index (κ1) is 29.7. The molecule has 1 saturated heterocycles. The van der Waals surface area contributed by atoms with Crippen LogP contribution >= 0.6 is 0 Å². The molecule has 0 amide bonds. The van der Waals surface area contributed by atoms with Crippen LogP contribution in [0, 0.1) is 23.0 Å². The highest BCUT2D eigenvalue weighted by atomic mass is 19.1. The molecule has 8 nitrogen and oxygen atoms in total. The third-order valence-corrected chi connectivity index (χ3v) is 7.92. The number of hydrogen-bond donors (Lipinski definition) is 0. The van der Waals surface area contributed by atoms with E-state index in [-0.39, 0.29) is 35.6 Å². The van der Waals surface area contributed by atoms with Gasteiger partial charge < -0.3 is 18.8 Å². The highest BCUT2D eigenvalue weighted by molar-refractivity contribution is 5.94. The van der Waals surface area contributed by atoms with Crippen LogP contribution < -0.4 is 4.74 Å². The summed E-state index contributed by atoms with van der Waals surface area (Å²) in [5.74, 6) is -0.118. The van der Waals surface area contributed by atoms with Crippen molar-refractivity contribution in [1.29, 1.82) is 5.26 Å². The van der Waals surface area contributed by atoms with Gasteiger partial charge in [-0.1, -0.05) is 6.07 Å². The fraction of sp³-hybridized carbons (Fsp3) is 0.382. The van der Waals surface area contributed by atoms with Crippen molar-refractivity contribution in [2.75, 3.05) is 13.2 Å². The number of imidazole rings is 1. The Morgan fingerprint density at radius 1 is 1.14 bits per heavy atom. The fourth-order valence-electron chi connectivity index (χ4n) is 5.58. The number of esters is 1. The minimum Gasteiger partial charge on any atom is -0.489 e. The first-order valence-corrected chi connectivity index (χ1v) is 14.8.